The van der Waals surface area contributed by atoms with Gasteiger partial charge in [0.25, 0.3) is 0 Å². The maximum atomic E-state index is 6.55. The largest absolute Gasteiger partial charge is 0.247 e. The van der Waals surface area contributed by atoms with Crippen molar-refractivity contribution in [3.05, 3.63) is 63.1 Å². The lowest BCUT2D eigenvalue weighted by Gasteiger charge is -2.12. The highest BCUT2D eigenvalue weighted by Gasteiger charge is 2.14. The van der Waals surface area contributed by atoms with Crippen molar-refractivity contribution in [1.29, 1.82) is 0 Å². The lowest BCUT2D eigenvalue weighted by atomic mass is 10.0. The van der Waals surface area contributed by atoms with Crippen LogP contribution in [0.2, 0.25) is 5.02 Å². The Morgan fingerprint density at radius 3 is 2.35 bits per heavy atom. The second-order valence-corrected chi connectivity index (χ2v) is 6.07. The first-order valence-corrected chi connectivity index (χ1v) is 7.57. The number of fused-ring (bicyclic) bond motifs is 1. The lowest BCUT2D eigenvalue weighted by Crippen LogP contribution is -1.94. The highest BCUT2D eigenvalue weighted by molar-refractivity contribution is 9.10. The van der Waals surface area contributed by atoms with Crippen molar-refractivity contribution in [3.8, 4) is 11.3 Å². The fourth-order valence-corrected chi connectivity index (χ4v) is 2.94. The quantitative estimate of drug-likeness (QED) is 0.532. The third-order valence-electron chi connectivity index (χ3n) is 3.56. The number of pyridine rings is 1. The van der Waals surface area contributed by atoms with Crippen molar-refractivity contribution in [2.75, 3.05) is 0 Å². The molecule has 0 amide bonds. The summed E-state index contributed by atoms with van der Waals surface area (Å²) in [6.45, 7) is 4.08. The summed E-state index contributed by atoms with van der Waals surface area (Å²) in [5, 5.41) is 1.79. The molecule has 3 rings (SSSR count). The molecule has 0 saturated heterocycles. The van der Waals surface area contributed by atoms with Crippen molar-refractivity contribution in [2.24, 2.45) is 0 Å². The van der Waals surface area contributed by atoms with Crippen LogP contribution >= 0.6 is 27.5 Å². The van der Waals surface area contributed by atoms with Crippen LogP contribution < -0.4 is 0 Å². The molecule has 3 heteroatoms. The Bertz CT molecular complexity index is 797. The molecule has 0 bridgehead atoms. The summed E-state index contributed by atoms with van der Waals surface area (Å²) >= 11 is 10.1. The molecule has 0 radical (unpaired) electrons. The SMILES string of the molecule is Cc1c(-c2ccccc2)nc2c(C)c(Br)ccc2c1Cl. The number of aryl methyl sites for hydroxylation is 1. The van der Waals surface area contributed by atoms with Crippen LogP contribution in [-0.4, -0.2) is 4.98 Å². The zero-order chi connectivity index (χ0) is 14.3. The van der Waals surface area contributed by atoms with E-state index in [1.54, 1.807) is 0 Å². The average Bonchev–Trinajstić information content (AvgIpc) is 2.47. The van der Waals surface area contributed by atoms with E-state index in [9.17, 15) is 0 Å². The summed E-state index contributed by atoms with van der Waals surface area (Å²) in [6.07, 6.45) is 0. The molecule has 0 N–H and O–H groups in total. The summed E-state index contributed by atoms with van der Waals surface area (Å²) in [7, 11) is 0. The molecular formula is C17H13BrClN. The van der Waals surface area contributed by atoms with E-state index in [1.807, 2.05) is 37.3 Å². The molecule has 1 heterocycles. The summed E-state index contributed by atoms with van der Waals surface area (Å²) in [5.74, 6) is 0. The predicted molar refractivity (Wildman–Crippen MR) is 89.4 cm³/mol. The molecule has 2 aromatic carbocycles. The first kappa shape index (κ1) is 13.6. The zero-order valence-corrected chi connectivity index (χ0v) is 13.6. The highest BCUT2D eigenvalue weighted by atomic mass is 79.9. The normalized spacial score (nSPS) is 11.0. The number of halogens is 2. The maximum absolute atomic E-state index is 6.55. The van der Waals surface area contributed by atoms with Gasteiger partial charge in [-0.1, -0.05) is 63.9 Å². The summed E-state index contributed by atoms with van der Waals surface area (Å²) in [4.78, 5) is 4.85. The Labute approximate surface area is 131 Å². The molecule has 3 aromatic rings. The Morgan fingerprint density at radius 1 is 0.950 bits per heavy atom. The van der Waals surface area contributed by atoms with Gasteiger partial charge in [-0.25, -0.2) is 4.98 Å². The molecule has 0 unspecified atom stereocenters. The fraction of sp³-hybridized carbons (Fsp3) is 0.118. The molecule has 0 aliphatic carbocycles. The smallest absolute Gasteiger partial charge is 0.0765 e. The van der Waals surface area contributed by atoms with Crippen LogP contribution in [-0.2, 0) is 0 Å². The van der Waals surface area contributed by atoms with E-state index in [2.05, 4.69) is 35.0 Å². The minimum absolute atomic E-state index is 0.782. The van der Waals surface area contributed by atoms with E-state index in [0.29, 0.717) is 0 Å². The van der Waals surface area contributed by atoms with Crippen molar-refractivity contribution in [1.82, 2.24) is 4.98 Å². The third kappa shape index (κ3) is 2.13. The zero-order valence-electron chi connectivity index (χ0n) is 11.2. The van der Waals surface area contributed by atoms with Gasteiger partial charge in [0, 0.05) is 15.4 Å². The van der Waals surface area contributed by atoms with Gasteiger partial charge in [0.15, 0.2) is 0 Å². The van der Waals surface area contributed by atoms with Crippen LogP contribution in [0.4, 0.5) is 0 Å². The van der Waals surface area contributed by atoms with Crippen molar-refractivity contribution < 1.29 is 0 Å². The molecule has 100 valence electrons. The monoisotopic (exact) mass is 345 g/mol. The van der Waals surface area contributed by atoms with E-state index >= 15 is 0 Å². The Morgan fingerprint density at radius 2 is 1.65 bits per heavy atom. The second-order valence-electron chi connectivity index (χ2n) is 4.83. The molecule has 1 nitrogen and oxygen atoms in total. The van der Waals surface area contributed by atoms with Gasteiger partial charge in [-0.2, -0.15) is 0 Å². The highest BCUT2D eigenvalue weighted by Crippen LogP contribution is 2.35. The molecule has 0 aliphatic rings. The summed E-state index contributed by atoms with van der Waals surface area (Å²) < 4.78 is 1.05. The summed E-state index contributed by atoms with van der Waals surface area (Å²) in [5.41, 5.74) is 5.12. The van der Waals surface area contributed by atoms with Crippen molar-refractivity contribution in [3.63, 3.8) is 0 Å². The van der Waals surface area contributed by atoms with Crippen LogP contribution in [0.25, 0.3) is 22.2 Å². The molecule has 0 aliphatic heterocycles. The van der Waals surface area contributed by atoms with Gasteiger partial charge in [0.2, 0.25) is 0 Å². The Balaban J connectivity index is 2.40. The number of benzene rings is 2. The van der Waals surface area contributed by atoms with Gasteiger partial charge in [0.05, 0.1) is 16.2 Å². The molecule has 0 saturated carbocycles. The van der Waals surface area contributed by atoms with Crippen LogP contribution in [0.3, 0.4) is 0 Å². The Hall–Kier alpha value is -1.38. The van der Waals surface area contributed by atoms with Gasteiger partial charge in [-0.15, -0.1) is 0 Å². The third-order valence-corrected chi connectivity index (χ3v) is 4.90. The van der Waals surface area contributed by atoms with E-state index in [1.165, 1.54) is 0 Å². The van der Waals surface area contributed by atoms with Crippen molar-refractivity contribution >= 4 is 38.4 Å². The van der Waals surface area contributed by atoms with Gasteiger partial charge in [0.1, 0.15) is 0 Å². The average molecular weight is 347 g/mol. The first-order valence-electron chi connectivity index (χ1n) is 6.40. The van der Waals surface area contributed by atoms with E-state index in [-0.39, 0.29) is 0 Å². The van der Waals surface area contributed by atoms with Crippen LogP contribution in [0, 0.1) is 13.8 Å². The second kappa shape index (κ2) is 5.19. The molecule has 1 aromatic heterocycles. The van der Waals surface area contributed by atoms with Crippen molar-refractivity contribution in [2.45, 2.75) is 13.8 Å². The lowest BCUT2D eigenvalue weighted by molar-refractivity contribution is 1.30. The number of rotatable bonds is 1. The van der Waals surface area contributed by atoms with Gasteiger partial charge in [-0.05, 0) is 31.0 Å². The Kier molecular flexibility index (Phi) is 3.53. The predicted octanol–water partition coefficient (Wildman–Crippen LogP) is 5.93. The first-order chi connectivity index (χ1) is 9.59. The fourth-order valence-electron chi connectivity index (χ4n) is 2.38. The van der Waals surface area contributed by atoms with Gasteiger partial charge >= 0.3 is 0 Å². The van der Waals surface area contributed by atoms with E-state index in [0.717, 1.165) is 42.8 Å². The maximum Gasteiger partial charge on any atom is 0.0765 e. The minimum Gasteiger partial charge on any atom is -0.247 e. The standard InChI is InChI=1S/C17H13BrClN/c1-10-14(18)9-8-13-15(19)11(2)16(20-17(10)13)12-6-4-3-5-7-12/h3-9H,1-2H3. The number of nitrogens with zero attached hydrogens (tertiary/aromatic N) is 1. The van der Waals surface area contributed by atoms with E-state index in [4.69, 9.17) is 16.6 Å². The molecule has 0 spiro atoms. The van der Waals surface area contributed by atoms with Gasteiger partial charge in [-0.3, -0.25) is 0 Å². The van der Waals surface area contributed by atoms with Crippen LogP contribution in [0.15, 0.2) is 46.9 Å². The molecule has 20 heavy (non-hydrogen) atoms. The number of hydrogen-bond donors (Lipinski definition) is 0. The van der Waals surface area contributed by atoms with Crippen LogP contribution in [0.5, 0.6) is 0 Å². The van der Waals surface area contributed by atoms with Gasteiger partial charge < -0.3 is 0 Å². The molecule has 0 fully saturated rings. The molecular weight excluding hydrogens is 334 g/mol. The van der Waals surface area contributed by atoms with E-state index < -0.39 is 0 Å². The topological polar surface area (TPSA) is 12.9 Å². The molecule has 0 atom stereocenters. The summed E-state index contributed by atoms with van der Waals surface area (Å²) in [6, 6.07) is 14.2. The number of aromatic nitrogens is 1. The van der Waals surface area contributed by atoms with Crippen LogP contribution in [0.1, 0.15) is 11.1 Å². The number of hydrogen-bond acceptors (Lipinski definition) is 1. The minimum atomic E-state index is 0.782.